The molecule has 0 spiro atoms. The first-order valence-corrected chi connectivity index (χ1v) is 8.34. The number of aromatic nitrogens is 2. The van der Waals surface area contributed by atoms with Gasteiger partial charge in [0.25, 0.3) is 0 Å². The molecule has 1 aromatic heterocycles. The first-order valence-electron chi connectivity index (χ1n) is 6.90. The Morgan fingerprint density at radius 2 is 2.18 bits per heavy atom. The zero-order valence-electron chi connectivity index (χ0n) is 12.2. The number of ether oxygens (including phenoxy) is 1. The minimum Gasteiger partial charge on any atom is -0.364 e. The van der Waals surface area contributed by atoms with E-state index < -0.39 is 34.8 Å². The van der Waals surface area contributed by atoms with Crippen molar-refractivity contribution in [2.45, 2.75) is 50.0 Å². The van der Waals surface area contributed by atoms with Crippen molar-refractivity contribution in [1.82, 2.24) is 14.5 Å². The van der Waals surface area contributed by atoms with Gasteiger partial charge in [-0.05, 0) is 19.8 Å². The van der Waals surface area contributed by atoms with E-state index in [-0.39, 0.29) is 18.0 Å². The lowest BCUT2D eigenvalue weighted by Gasteiger charge is -2.21. The van der Waals surface area contributed by atoms with Gasteiger partial charge in [0.2, 0.25) is 10.0 Å². The van der Waals surface area contributed by atoms with E-state index in [2.05, 4.69) is 10.2 Å². The molecule has 2 heterocycles. The summed E-state index contributed by atoms with van der Waals surface area (Å²) >= 11 is 0. The molecule has 0 aliphatic carbocycles. The summed E-state index contributed by atoms with van der Waals surface area (Å²) in [5.74, 6) is 0. The molecule has 0 saturated carbocycles. The maximum Gasteiger partial charge on any atom is 0.414 e. The summed E-state index contributed by atoms with van der Waals surface area (Å²) in [6.45, 7) is 2.83. The number of hydrogen-bond donors (Lipinski definition) is 1. The van der Waals surface area contributed by atoms with E-state index in [0.29, 0.717) is 12.1 Å². The molecule has 0 aromatic carbocycles. The Bertz CT molecular complexity index is 615. The van der Waals surface area contributed by atoms with E-state index in [9.17, 15) is 21.6 Å². The van der Waals surface area contributed by atoms with E-state index in [1.807, 2.05) is 0 Å². The van der Waals surface area contributed by atoms with Crippen LogP contribution in [-0.2, 0) is 21.2 Å². The molecule has 0 radical (unpaired) electrons. The fourth-order valence-electron chi connectivity index (χ4n) is 2.41. The minimum atomic E-state index is -4.50. The lowest BCUT2D eigenvalue weighted by Crippen LogP contribution is -2.36. The van der Waals surface area contributed by atoms with Crippen LogP contribution in [0.25, 0.3) is 0 Å². The molecule has 0 bridgehead atoms. The van der Waals surface area contributed by atoms with Crippen molar-refractivity contribution in [2.24, 2.45) is 0 Å². The lowest BCUT2D eigenvalue weighted by molar-refractivity contribution is -0.228. The second-order valence-corrected chi connectivity index (χ2v) is 7.10. The Morgan fingerprint density at radius 3 is 2.77 bits per heavy atom. The molecule has 22 heavy (non-hydrogen) atoms. The van der Waals surface area contributed by atoms with Gasteiger partial charge in [-0.3, -0.25) is 5.10 Å². The van der Waals surface area contributed by atoms with Gasteiger partial charge in [0.05, 0.1) is 18.0 Å². The normalized spacial score (nSPS) is 25.1. The number of alkyl halides is 3. The predicted octanol–water partition coefficient (Wildman–Crippen LogP) is 1.70. The summed E-state index contributed by atoms with van der Waals surface area (Å²) in [5, 5.41) is 6.30. The van der Waals surface area contributed by atoms with Crippen LogP contribution in [0.3, 0.4) is 0 Å². The van der Waals surface area contributed by atoms with Gasteiger partial charge < -0.3 is 4.74 Å². The molecule has 2 atom stereocenters. The number of halogens is 3. The summed E-state index contributed by atoms with van der Waals surface area (Å²) in [5.41, 5.74) is 0.435. The van der Waals surface area contributed by atoms with Crippen LogP contribution in [0.15, 0.2) is 11.1 Å². The number of nitrogens with one attached hydrogen (secondary N) is 1. The fourth-order valence-corrected chi connectivity index (χ4v) is 4.12. The maximum absolute atomic E-state index is 12.8. The van der Waals surface area contributed by atoms with E-state index in [4.69, 9.17) is 4.74 Å². The Labute approximate surface area is 126 Å². The molecule has 0 amide bonds. The lowest BCUT2D eigenvalue weighted by atomic mass is 10.2. The Kier molecular flexibility index (Phi) is 4.83. The molecule has 1 aromatic rings. The van der Waals surface area contributed by atoms with Crippen molar-refractivity contribution in [3.05, 3.63) is 11.9 Å². The molecule has 1 aliphatic rings. The molecule has 1 aliphatic heterocycles. The first kappa shape index (κ1) is 17.2. The molecule has 6 nitrogen and oxygen atoms in total. The minimum absolute atomic E-state index is 0.00709. The highest BCUT2D eigenvalue weighted by Crippen LogP contribution is 2.30. The van der Waals surface area contributed by atoms with Gasteiger partial charge in [0.15, 0.2) is 6.10 Å². The van der Waals surface area contributed by atoms with E-state index >= 15 is 0 Å². The first-order chi connectivity index (χ1) is 10.2. The molecular weight excluding hydrogens is 323 g/mol. The maximum atomic E-state index is 12.8. The van der Waals surface area contributed by atoms with Gasteiger partial charge in [0, 0.05) is 13.1 Å². The second-order valence-electron chi connectivity index (χ2n) is 5.20. The predicted molar refractivity (Wildman–Crippen MR) is 71.7 cm³/mol. The van der Waals surface area contributed by atoms with Gasteiger partial charge >= 0.3 is 6.18 Å². The smallest absolute Gasteiger partial charge is 0.364 e. The number of aryl methyl sites for hydroxylation is 1. The van der Waals surface area contributed by atoms with Crippen molar-refractivity contribution in [2.75, 3.05) is 13.1 Å². The van der Waals surface area contributed by atoms with Crippen LogP contribution < -0.4 is 0 Å². The average molecular weight is 341 g/mol. The van der Waals surface area contributed by atoms with Crippen molar-refractivity contribution in [3.8, 4) is 0 Å². The van der Waals surface area contributed by atoms with Crippen LogP contribution in [0.4, 0.5) is 13.2 Å². The Morgan fingerprint density at radius 1 is 1.50 bits per heavy atom. The van der Waals surface area contributed by atoms with Crippen LogP contribution in [0.5, 0.6) is 0 Å². The third-order valence-corrected chi connectivity index (χ3v) is 5.43. The third kappa shape index (κ3) is 3.44. The molecule has 1 N–H and O–H groups in total. The topological polar surface area (TPSA) is 75.3 Å². The molecule has 126 valence electrons. The number of aromatic amines is 1. The highest BCUT2D eigenvalue weighted by molar-refractivity contribution is 7.89. The molecule has 2 rings (SSSR count). The number of rotatable bonds is 3. The summed E-state index contributed by atoms with van der Waals surface area (Å²) in [4.78, 5) is 0.00709. The van der Waals surface area contributed by atoms with Gasteiger partial charge in [-0.2, -0.15) is 22.6 Å². The number of H-pyrrole nitrogens is 1. The van der Waals surface area contributed by atoms with Gasteiger partial charge in [-0.15, -0.1) is 0 Å². The van der Waals surface area contributed by atoms with Crippen molar-refractivity contribution in [1.29, 1.82) is 0 Å². The summed E-state index contributed by atoms with van der Waals surface area (Å²) in [7, 11) is -3.89. The number of hydrogen-bond acceptors (Lipinski definition) is 4. The molecule has 2 unspecified atom stereocenters. The zero-order valence-corrected chi connectivity index (χ0v) is 13.0. The fraction of sp³-hybridized carbons (Fsp3) is 0.750. The van der Waals surface area contributed by atoms with Crippen molar-refractivity contribution < 1.29 is 26.3 Å². The number of sulfonamides is 1. The van der Waals surface area contributed by atoms with Crippen LogP contribution in [0, 0.1) is 0 Å². The molecular formula is C12H18F3N3O3S. The number of nitrogens with zero attached hydrogens (tertiary/aromatic N) is 2. The van der Waals surface area contributed by atoms with Crippen molar-refractivity contribution in [3.63, 3.8) is 0 Å². The largest absolute Gasteiger partial charge is 0.414 e. The van der Waals surface area contributed by atoms with Crippen molar-refractivity contribution >= 4 is 10.0 Å². The monoisotopic (exact) mass is 341 g/mol. The summed E-state index contributed by atoms with van der Waals surface area (Å²) in [6, 6.07) is 0. The Hall–Kier alpha value is -1.13. The third-order valence-electron chi connectivity index (χ3n) is 3.51. The van der Waals surface area contributed by atoms with E-state index in [1.165, 1.54) is 13.1 Å². The van der Waals surface area contributed by atoms with Crippen LogP contribution in [-0.4, -0.2) is 54.4 Å². The van der Waals surface area contributed by atoms with E-state index in [0.717, 1.165) is 4.31 Å². The summed E-state index contributed by atoms with van der Waals surface area (Å²) in [6.07, 6.45) is -6.10. The highest BCUT2D eigenvalue weighted by Gasteiger charge is 2.44. The average Bonchev–Trinajstić information content (AvgIpc) is 2.80. The Balaban J connectivity index is 2.25. The highest BCUT2D eigenvalue weighted by atomic mass is 32.2. The van der Waals surface area contributed by atoms with E-state index in [1.54, 1.807) is 6.92 Å². The van der Waals surface area contributed by atoms with Gasteiger partial charge in [-0.1, -0.05) is 6.92 Å². The molecule has 10 heteroatoms. The van der Waals surface area contributed by atoms with Gasteiger partial charge in [-0.25, -0.2) is 8.42 Å². The SMILES string of the molecule is CCc1[nH]ncc1S(=O)(=O)N1CCC(C(F)(F)F)OC(C)C1. The quantitative estimate of drug-likeness (QED) is 0.908. The molecule has 1 fully saturated rings. The summed E-state index contributed by atoms with van der Waals surface area (Å²) < 4.78 is 69.6. The standard InChI is InChI=1S/C12H18F3N3O3S/c1-3-9-10(6-16-17-9)22(19,20)18-5-4-11(12(13,14)15)21-8(2)7-18/h6,8,11H,3-5,7H2,1-2H3,(H,16,17). The van der Waals surface area contributed by atoms with Crippen LogP contribution >= 0.6 is 0 Å². The van der Waals surface area contributed by atoms with Crippen LogP contribution in [0.1, 0.15) is 26.0 Å². The van der Waals surface area contributed by atoms with Crippen LogP contribution in [0.2, 0.25) is 0 Å². The van der Waals surface area contributed by atoms with Gasteiger partial charge in [0.1, 0.15) is 4.90 Å². The second kappa shape index (κ2) is 6.17. The zero-order chi connectivity index (χ0) is 16.5. The molecule has 1 saturated heterocycles.